The molecule has 3 rings (SSSR count). The third-order valence-electron chi connectivity index (χ3n) is 3.58. The van der Waals surface area contributed by atoms with Crippen LogP contribution in [0.2, 0.25) is 0 Å². The molecule has 0 saturated heterocycles. The summed E-state index contributed by atoms with van der Waals surface area (Å²) in [6.45, 7) is 0. The lowest BCUT2D eigenvalue weighted by Gasteiger charge is -2.07. The number of carbonyl (C=O) groups is 1. The first-order valence-electron chi connectivity index (χ1n) is 7.67. The maximum atomic E-state index is 12.0. The Labute approximate surface area is 145 Å². The molecule has 0 N–H and O–H groups in total. The molecule has 1 aliphatic heterocycles. The Morgan fingerprint density at radius 1 is 1.00 bits per heavy atom. The minimum absolute atomic E-state index is 0.208. The van der Waals surface area contributed by atoms with E-state index in [2.05, 4.69) is 4.99 Å². The largest absolute Gasteiger partial charge is 0.497 e. The number of ether oxygens (including phenoxy) is 3. The van der Waals surface area contributed by atoms with Crippen LogP contribution in [0.5, 0.6) is 11.5 Å². The minimum atomic E-state index is -0.502. The Balaban J connectivity index is 1.87. The maximum Gasteiger partial charge on any atom is 0.363 e. The first-order valence-corrected chi connectivity index (χ1v) is 7.67. The molecule has 0 unspecified atom stereocenters. The van der Waals surface area contributed by atoms with Gasteiger partial charge in [-0.25, -0.2) is 9.79 Å². The van der Waals surface area contributed by atoms with Gasteiger partial charge in [-0.3, -0.25) is 0 Å². The fourth-order valence-corrected chi connectivity index (χ4v) is 2.33. The fourth-order valence-electron chi connectivity index (χ4n) is 2.33. The van der Waals surface area contributed by atoms with E-state index in [-0.39, 0.29) is 11.6 Å². The van der Waals surface area contributed by atoms with Crippen LogP contribution in [-0.2, 0) is 9.53 Å². The summed E-state index contributed by atoms with van der Waals surface area (Å²) >= 11 is 0. The number of nitrogens with zero attached hydrogens (tertiary/aromatic N) is 1. The predicted molar refractivity (Wildman–Crippen MR) is 96.5 cm³/mol. The van der Waals surface area contributed by atoms with E-state index in [4.69, 9.17) is 14.2 Å². The van der Waals surface area contributed by atoms with Crippen molar-refractivity contribution in [3.8, 4) is 11.5 Å². The number of esters is 1. The molecule has 126 valence electrons. The second-order valence-corrected chi connectivity index (χ2v) is 5.22. The van der Waals surface area contributed by atoms with Gasteiger partial charge < -0.3 is 14.2 Å². The molecule has 0 aromatic heterocycles. The van der Waals surface area contributed by atoms with Gasteiger partial charge in [0.15, 0.2) is 5.70 Å². The van der Waals surface area contributed by atoms with Gasteiger partial charge in [0.1, 0.15) is 11.5 Å². The molecule has 5 nitrogen and oxygen atoms in total. The van der Waals surface area contributed by atoms with Gasteiger partial charge in [0.05, 0.1) is 14.2 Å². The number of hydrogen-bond acceptors (Lipinski definition) is 5. The van der Waals surface area contributed by atoms with Gasteiger partial charge in [0.2, 0.25) is 5.90 Å². The number of carbonyl (C=O) groups excluding carboxylic acids is 1. The Kier molecular flexibility index (Phi) is 4.95. The standard InChI is InChI=1S/C20H17NO4/c1-23-16-9-10-18(24-2)15(12-16)13-17-20(22)25-19(21-17)11-8-14-6-4-3-5-7-14/h3-13H,1-2H3/b11-8-,17-13-. The highest BCUT2D eigenvalue weighted by atomic mass is 16.6. The normalized spacial score (nSPS) is 15.4. The molecule has 2 aromatic carbocycles. The van der Waals surface area contributed by atoms with Crippen molar-refractivity contribution < 1.29 is 19.0 Å². The monoisotopic (exact) mass is 335 g/mol. The van der Waals surface area contributed by atoms with E-state index in [9.17, 15) is 4.79 Å². The lowest BCUT2D eigenvalue weighted by Crippen LogP contribution is -2.01. The van der Waals surface area contributed by atoms with E-state index in [1.165, 1.54) is 0 Å². The highest BCUT2D eigenvalue weighted by molar-refractivity contribution is 6.11. The summed E-state index contributed by atoms with van der Waals surface area (Å²) in [6, 6.07) is 15.0. The lowest BCUT2D eigenvalue weighted by atomic mass is 10.1. The summed E-state index contributed by atoms with van der Waals surface area (Å²) in [6.07, 6.45) is 5.12. The highest BCUT2D eigenvalue weighted by Gasteiger charge is 2.21. The molecule has 2 aromatic rings. The number of rotatable bonds is 5. The molecule has 0 bridgehead atoms. The topological polar surface area (TPSA) is 57.1 Å². The van der Waals surface area contributed by atoms with Crippen LogP contribution in [0.3, 0.4) is 0 Å². The third-order valence-corrected chi connectivity index (χ3v) is 3.58. The summed E-state index contributed by atoms with van der Waals surface area (Å²) in [5.41, 5.74) is 1.89. The van der Waals surface area contributed by atoms with Gasteiger partial charge in [0, 0.05) is 11.6 Å². The first-order chi connectivity index (χ1) is 12.2. The van der Waals surface area contributed by atoms with Gasteiger partial charge in [-0.15, -0.1) is 0 Å². The van der Waals surface area contributed by atoms with Crippen LogP contribution in [-0.4, -0.2) is 26.1 Å². The SMILES string of the molecule is COc1ccc(OC)c(/C=C2N=C(/C=C\c3ccccc3)OC\2=O)c1. The fraction of sp³-hybridized carbons (Fsp3) is 0.100. The Hall–Kier alpha value is -3.34. The predicted octanol–water partition coefficient (Wildman–Crippen LogP) is 3.71. The van der Waals surface area contributed by atoms with E-state index in [1.807, 2.05) is 36.4 Å². The molecule has 0 atom stereocenters. The molecule has 0 spiro atoms. The van der Waals surface area contributed by atoms with E-state index in [0.717, 1.165) is 5.56 Å². The Bertz CT molecular complexity index is 867. The van der Waals surface area contributed by atoms with Crippen molar-refractivity contribution >= 4 is 24.0 Å². The zero-order valence-electron chi connectivity index (χ0n) is 13.9. The van der Waals surface area contributed by atoms with E-state index in [1.54, 1.807) is 44.6 Å². The van der Waals surface area contributed by atoms with Gasteiger partial charge >= 0.3 is 5.97 Å². The summed E-state index contributed by atoms with van der Waals surface area (Å²) in [5.74, 6) is 1.02. The van der Waals surface area contributed by atoms with Crippen LogP contribution in [0.4, 0.5) is 0 Å². The first kappa shape index (κ1) is 16.5. The van der Waals surface area contributed by atoms with Gasteiger partial charge in [-0.05, 0) is 35.9 Å². The molecule has 1 aliphatic rings. The quantitative estimate of drug-likeness (QED) is 0.617. The second kappa shape index (κ2) is 7.49. The van der Waals surface area contributed by atoms with Crippen LogP contribution in [0.15, 0.2) is 65.3 Å². The molecule has 1 heterocycles. The average Bonchev–Trinajstić information content (AvgIpc) is 3.00. The van der Waals surface area contributed by atoms with Crippen molar-refractivity contribution in [3.63, 3.8) is 0 Å². The summed E-state index contributed by atoms with van der Waals surface area (Å²) in [5, 5.41) is 0. The number of hydrogen-bond donors (Lipinski definition) is 0. The van der Waals surface area contributed by atoms with Crippen LogP contribution in [0, 0.1) is 0 Å². The molecule has 0 saturated carbocycles. The zero-order valence-corrected chi connectivity index (χ0v) is 13.9. The average molecular weight is 335 g/mol. The van der Waals surface area contributed by atoms with Crippen molar-refractivity contribution in [3.05, 3.63) is 71.4 Å². The minimum Gasteiger partial charge on any atom is -0.497 e. The molecule has 0 radical (unpaired) electrons. The van der Waals surface area contributed by atoms with Crippen LogP contribution in [0.25, 0.3) is 12.2 Å². The molecule has 5 heteroatoms. The van der Waals surface area contributed by atoms with E-state index in [0.29, 0.717) is 17.1 Å². The second-order valence-electron chi connectivity index (χ2n) is 5.22. The molecule has 0 aliphatic carbocycles. The van der Waals surface area contributed by atoms with Crippen LogP contribution >= 0.6 is 0 Å². The van der Waals surface area contributed by atoms with Gasteiger partial charge in [-0.2, -0.15) is 0 Å². The van der Waals surface area contributed by atoms with Crippen LogP contribution < -0.4 is 9.47 Å². The smallest absolute Gasteiger partial charge is 0.363 e. The summed E-state index contributed by atoms with van der Waals surface area (Å²) in [4.78, 5) is 16.3. The number of methoxy groups -OCH3 is 2. The lowest BCUT2D eigenvalue weighted by molar-refractivity contribution is -0.129. The molecular weight excluding hydrogens is 318 g/mol. The number of cyclic esters (lactones) is 1. The van der Waals surface area contributed by atoms with Crippen molar-refractivity contribution in [1.82, 2.24) is 0 Å². The van der Waals surface area contributed by atoms with E-state index >= 15 is 0 Å². The van der Waals surface area contributed by atoms with Crippen LogP contribution in [0.1, 0.15) is 11.1 Å². The van der Waals surface area contributed by atoms with E-state index < -0.39 is 5.97 Å². The molecular formula is C20H17NO4. The van der Waals surface area contributed by atoms with Crippen molar-refractivity contribution in [2.45, 2.75) is 0 Å². The molecule has 0 fully saturated rings. The van der Waals surface area contributed by atoms with Crippen molar-refractivity contribution in [2.24, 2.45) is 4.99 Å². The molecule has 0 amide bonds. The number of aliphatic imine (C=N–C) groups is 1. The molecule has 25 heavy (non-hydrogen) atoms. The Morgan fingerprint density at radius 2 is 1.80 bits per heavy atom. The maximum absolute atomic E-state index is 12.0. The Morgan fingerprint density at radius 3 is 2.52 bits per heavy atom. The van der Waals surface area contributed by atoms with Gasteiger partial charge in [0.25, 0.3) is 0 Å². The summed E-state index contributed by atoms with van der Waals surface area (Å²) < 4.78 is 15.7. The van der Waals surface area contributed by atoms with Gasteiger partial charge in [-0.1, -0.05) is 30.3 Å². The number of benzene rings is 2. The third kappa shape index (κ3) is 3.95. The zero-order chi connectivity index (χ0) is 17.6. The summed E-state index contributed by atoms with van der Waals surface area (Å²) in [7, 11) is 3.14. The van der Waals surface area contributed by atoms with Crippen molar-refractivity contribution in [1.29, 1.82) is 0 Å². The van der Waals surface area contributed by atoms with Crippen molar-refractivity contribution in [2.75, 3.05) is 14.2 Å². The highest BCUT2D eigenvalue weighted by Crippen LogP contribution is 2.27.